The van der Waals surface area contributed by atoms with Gasteiger partial charge in [-0.2, -0.15) is 9.29 Å². The fourth-order valence-electron chi connectivity index (χ4n) is 3.14. The molecule has 3 aromatic rings. The number of hydrogen-bond donors (Lipinski definition) is 0. The SMILES string of the molecule is Cc1ccc(S(=O)(=O)N2CCC(c3nc(-c4ccc(I)o4)no3)CC2)cc1. The van der Waals surface area contributed by atoms with Gasteiger partial charge < -0.3 is 8.94 Å². The van der Waals surface area contributed by atoms with Crippen molar-refractivity contribution in [2.75, 3.05) is 13.1 Å². The van der Waals surface area contributed by atoms with E-state index in [-0.39, 0.29) is 5.92 Å². The van der Waals surface area contributed by atoms with Gasteiger partial charge in [-0.25, -0.2) is 8.42 Å². The van der Waals surface area contributed by atoms with Crippen molar-refractivity contribution in [3.05, 3.63) is 51.6 Å². The number of halogens is 1. The lowest BCUT2D eigenvalue weighted by atomic mass is 9.98. The molecule has 0 amide bonds. The van der Waals surface area contributed by atoms with Crippen LogP contribution in [-0.4, -0.2) is 36.0 Å². The van der Waals surface area contributed by atoms with Crippen LogP contribution in [0.2, 0.25) is 0 Å². The Balaban J connectivity index is 1.44. The summed E-state index contributed by atoms with van der Waals surface area (Å²) >= 11 is 2.08. The number of aryl methyl sites for hydroxylation is 1. The lowest BCUT2D eigenvalue weighted by molar-refractivity contribution is 0.270. The summed E-state index contributed by atoms with van der Waals surface area (Å²) in [6.07, 6.45) is 1.28. The summed E-state index contributed by atoms with van der Waals surface area (Å²) in [7, 11) is -3.47. The molecule has 2 aromatic heterocycles. The second kappa shape index (κ2) is 7.36. The van der Waals surface area contributed by atoms with E-state index in [1.807, 2.05) is 25.1 Å². The van der Waals surface area contributed by atoms with E-state index in [0.29, 0.717) is 48.3 Å². The number of benzene rings is 1. The van der Waals surface area contributed by atoms with E-state index in [4.69, 9.17) is 8.94 Å². The van der Waals surface area contributed by atoms with E-state index < -0.39 is 10.0 Å². The number of aromatic nitrogens is 2. The molecule has 0 unspecified atom stereocenters. The minimum atomic E-state index is -3.47. The van der Waals surface area contributed by atoms with Crippen molar-refractivity contribution in [2.24, 2.45) is 0 Å². The van der Waals surface area contributed by atoms with Gasteiger partial charge in [0.05, 0.1) is 4.90 Å². The second-order valence-electron chi connectivity index (χ2n) is 6.55. The number of hydrogen-bond acceptors (Lipinski definition) is 6. The van der Waals surface area contributed by atoms with Crippen molar-refractivity contribution in [2.45, 2.75) is 30.6 Å². The number of furan rings is 1. The molecule has 1 saturated heterocycles. The zero-order valence-corrected chi connectivity index (χ0v) is 17.6. The van der Waals surface area contributed by atoms with E-state index in [9.17, 15) is 8.42 Å². The first kappa shape index (κ1) is 18.6. The Morgan fingerprint density at radius 2 is 1.81 bits per heavy atom. The second-order valence-corrected chi connectivity index (χ2v) is 9.55. The highest BCUT2D eigenvalue weighted by atomic mass is 127. The van der Waals surface area contributed by atoms with Gasteiger partial charge in [0.2, 0.25) is 21.7 Å². The normalized spacial score (nSPS) is 16.7. The highest BCUT2D eigenvalue weighted by molar-refractivity contribution is 14.1. The largest absolute Gasteiger partial charge is 0.447 e. The minimum Gasteiger partial charge on any atom is -0.447 e. The van der Waals surface area contributed by atoms with Gasteiger partial charge in [-0.1, -0.05) is 22.9 Å². The van der Waals surface area contributed by atoms with Gasteiger partial charge in [0.1, 0.15) is 0 Å². The van der Waals surface area contributed by atoms with Crippen LogP contribution in [0, 0.1) is 10.7 Å². The highest BCUT2D eigenvalue weighted by Gasteiger charge is 2.32. The van der Waals surface area contributed by atoms with E-state index in [1.165, 1.54) is 4.31 Å². The molecule has 9 heteroatoms. The first-order valence-corrected chi connectivity index (χ1v) is 11.1. The molecule has 1 aliphatic rings. The molecule has 4 rings (SSSR count). The van der Waals surface area contributed by atoms with Crippen LogP contribution in [0.3, 0.4) is 0 Å². The molecule has 3 heterocycles. The third-order valence-electron chi connectivity index (χ3n) is 4.70. The predicted molar refractivity (Wildman–Crippen MR) is 107 cm³/mol. The standard InChI is InChI=1S/C18H18IN3O4S/c1-12-2-4-14(5-3-12)27(23,24)22-10-8-13(9-11-22)18-20-17(21-26-18)15-6-7-16(19)25-15/h2-7,13H,8-11H2,1H3. The van der Waals surface area contributed by atoms with Crippen LogP contribution in [0.4, 0.5) is 0 Å². The van der Waals surface area contributed by atoms with Gasteiger partial charge in [0.15, 0.2) is 9.53 Å². The summed E-state index contributed by atoms with van der Waals surface area (Å²) in [6.45, 7) is 2.79. The molecule has 7 nitrogen and oxygen atoms in total. The molecule has 0 bridgehead atoms. The first-order valence-electron chi connectivity index (χ1n) is 8.59. The van der Waals surface area contributed by atoms with Gasteiger partial charge in [-0.05, 0) is 66.6 Å². The molecule has 1 aromatic carbocycles. The summed E-state index contributed by atoms with van der Waals surface area (Å²) in [5, 5.41) is 3.98. The van der Waals surface area contributed by atoms with Gasteiger partial charge in [-0.3, -0.25) is 0 Å². The fourth-order valence-corrected chi connectivity index (χ4v) is 5.02. The zero-order chi connectivity index (χ0) is 19.0. The Morgan fingerprint density at radius 1 is 1.11 bits per heavy atom. The molecule has 0 atom stereocenters. The zero-order valence-electron chi connectivity index (χ0n) is 14.6. The Bertz CT molecular complexity index is 1030. The van der Waals surface area contributed by atoms with Gasteiger partial charge in [-0.15, -0.1) is 0 Å². The van der Waals surface area contributed by atoms with E-state index in [0.717, 1.165) is 9.33 Å². The fraction of sp³-hybridized carbons (Fsp3) is 0.333. The van der Waals surface area contributed by atoms with Gasteiger partial charge in [0.25, 0.3) is 0 Å². The summed E-state index contributed by atoms with van der Waals surface area (Å²) in [4.78, 5) is 4.76. The topological polar surface area (TPSA) is 89.4 Å². The van der Waals surface area contributed by atoms with Crippen LogP contribution in [0.5, 0.6) is 0 Å². The molecule has 0 saturated carbocycles. The maximum atomic E-state index is 12.8. The highest BCUT2D eigenvalue weighted by Crippen LogP contribution is 2.31. The minimum absolute atomic E-state index is 0.0461. The first-order chi connectivity index (χ1) is 12.9. The molecule has 0 aliphatic carbocycles. The Labute approximate surface area is 170 Å². The molecule has 1 fully saturated rings. The van der Waals surface area contributed by atoms with Gasteiger partial charge in [0, 0.05) is 19.0 Å². The van der Waals surface area contributed by atoms with Crippen LogP contribution < -0.4 is 0 Å². The third kappa shape index (κ3) is 3.81. The smallest absolute Gasteiger partial charge is 0.243 e. The van der Waals surface area contributed by atoms with E-state index in [2.05, 4.69) is 32.7 Å². The average molecular weight is 499 g/mol. The molecule has 0 N–H and O–H groups in total. The third-order valence-corrected chi connectivity index (χ3v) is 7.19. The van der Waals surface area contributed by atoms with Crippen LogP contribution in [0.1, 0.15) is 30.2 Å². The summed E-state index contributed by atoms with van der Waals surface area (Å²) in [5.74, 6) is 1.56. The monoisotopic (exact) mass is 499 g/mol. The molecule has 0 radical (unpaired) electrons. The van der Waals surface area contributed by atoms with E-state index >= 15 is 0 Å². The summed E-state index contributed by atoms with van der Waals surface area (Å²) < 4.78 is 38.8. The number of nitrogens with zero attached hydrogens (tertiary/aromatic N) is 3. The Hall–Kier alpha value is -1.72. The number of piperidine rings is 1. The van der Waals surface area contributed by atoms with Crippen molar-refractivity contribution in [1.82, 2.24) is 14.4 Å². The van der Waals surface area contributed by atoms with Crippen molar-refractivity contribution in [3.8, 4) is 11.6 Å². The van der Waals surface area contributed by atoms with Crippen molar-refractivity contribution >= 4 is 32.6 Å². The molecular weight excluding hydrogens is 481 g/mol. The van der Waals surface area contributed by atoms with Crippen LogP contribution in [-0.2, 0) is 10.0 Å². The Kier molecular flexibility index (Phi) is 5.08. The van der Waals surface area contributed by atoms with Crippen molar-refractivity contribution in [1.29, 1.82) is 0 Å². The summed E-state index contributed by atoms with van der Waals surface area (Å²) in [5.41, 5.74) is 1.03. The lowest BCUT2D eigenvalue weighted by Gasteiger charge is -2.29. The van der Waals surface area contributed by atoms with E-state index in [1.54, 1.807) is 18.2 Å². The predicted octanol–water partition coefficient (Wildman–Crippen LogP) is 3.81. The quantitative estimate of drug-likeness (QED) is 0.508. The van der Waals surface area contributed by atoms with Crippen LogP contribution in [0.25, 0.3) is 11.6 Å². The molecule has 27 heavy (non-hydrogen) atoms. The summed E-state index contributed by atoms with van der Waals surface area (Å²) in [6, 6.07) is 10.6. The van der Waals surface area contributed by atoms with Crippen molar-refractivity contribution < 1.29 is 17.4 Å². The maximum absolute atomic E-state index is 12.8. The lowest BCUT2D eigenvalue weighted by Crippen LogP contribution is -2.37. The number of rotatable bonds is 4. The van der Waals surface area contributed by atoms with Crippen LogP contribution in [0.15, 0.2) is 50.2 Å². The van der Waals surface area contributed by atoms with Crippen molar-refractivity contribution in [3.63, 3.8) is 0 Å². The van der Waals surface area contributed by atoms with Crippen LogP contribution >= 0.6 is 22.6 Å². The average Bonchev–Trinajstić information content (AvgIpc) is 3.31. The van der Waals surface area contributed by atoms with Gasteiger partial charge >= 0.3 is 0 Å². The molecular formula is C18H18IN3O4S. The number of sulfonamides is 1. The Morgan fingerprint density at radius 3 is 2.44 bits per heavy atom. The molecule has 1 aliphatic heterocycles. The maximum Gasteiger partial charge on any atom is 0.243 e. The molecule has 0 spiro atoms. The molecule has 142 valence electrons.